The summed E-state index contributed by atoms with van der Waals surface area (Å²) in [4.78, 5) is 16.7. The highest BCUT2D eigenvalue weighted by molar-refractivity contribution is 7.92. The number of anilines is 1. The van der Waals surface area contributed by atoms with Gasteiger partial charge in [-0.05, 0) is 49.7 Å². The summed E-state index contributed by atoms with van der Waals surface area (Å²) in [5.74, 6) is 0.256. The summed E-state index contributed by atoms with van der Waals surface area (Å²) in [7, 11) is -3.92. The van der Waals surface area contributed by atoms with E-state index in [2.05, 4.69) is 10.3 Å². The maximum Gasteiger partial charge on any atom is 0.264 e. The van der Waals surface area contributed by atoms with Gasteiger partial charge in [0, 0.05) is 25.5 Å². The molecule has 9 heteroatoms. The Hall–Kier alpha value is -3.33. The highest BCUT2D eigenvalue weighted by Gasteiger charge is 2.27. The molecule has 1 heterocycles. The number of benzene rings is 2. The molecule has 1 aromatic heterocycles. The van der Waals surface area contributed by atoms with Gasteiger partial charge in [-0.2, -0.15) is 0 Å². The molecular weight excluding hydrogens is 416 g/mol. The molecular formula is C22H26N4O4S. The van der Waals surface area contributed by atoms with Crippen LogP contribution in [-0.4, -0.2) is 43.6 Å². The van der Waals surface area contributed by atoms with Crippen LogP contribution in [0, 0.1) is 0 Å². The molecule has 0 saturated heterocycles. The summed E-state index contributed by atoms with van der Waals surface area (Å²) in [6, 6.07) is 14.7. The summed E-state index contributed by atoms with van der Waals surface area (Å²) < 4.78 is 35.0. The smallest absolute Gasteiger partial charge is 0.264 e. The van der Waals surface area contributed by atoms with E-state index in [4.69, 9.17) is 4.74 Å². The minimum atomic E-state index is -3.92. The maximum atomic E-state index is 13.3. The SMILES string of the molecule is CCOc1ccc(N(CC(=O)NCCCn2ccnc2)S(=O)(=O)c2ccccc2)cc1. The molecule has 0 atom stereocenters. The number of aromatic nitrogens is 2. The van der Waals surface area contributed by atoms with Crippen molar-refractivity contribution in [2.45, 2.75) is 24.8 Å². The number of imidazole rings is 1. The fourth-order valence-corrected chi connectivity index (χ4v) is 4.45. The van der Waals surface area contributed by atoms with E-state index < -0.39 is 10.0 Å². The van der Waals surface area contributed by atoms with Crippen molar-refractivity contribution in [2.24, 2.45) is 0 Å². The lowest BCUT2D eigenvalue weighted by Gasteiger charge is -2.24. The zero-order valence-electron chi connectivity index (χ0n) is 17.3. The highest BCUT2D eigenvalue weighted by Crippen LogP contribution is 2.25. The van der Waals surface area contributed by atoms with Gasteiger partial charge < -0.3 is 14.6 Å². The van der Waals surface area contributed by atoms with Crippen LogP contribution in [0.2, 0.25) is 0 Å². The first-order chi connectivity index (χ1) is 15.0. The Bertz CT molecular complexity index is 1050. The number of aryl methyl sites for hydroxylation is 1. The Balaban J connectivity index is 1.73. The van der Waals surface area contributed by atoms with Crippen molar-refractivity contribution in [2.75, 3.05) is 24.0 Å². The molecule has 0 fully saturated rings. The average Bonchev–Trinajstić information content (AvgIpc) is 3.30. The van der Waals surface area contributed by atoms with Crippen LogP contribution in [0.1, 0.15) is 13.3 Å². The lowest BCUT2D eigenvalue weighted by Crippen LogP contribution is -2.41. The zero-order valence-corrected chi connectivity index (χ0v) is 18.2. The average molecular weight is 443 g/mol. The van der Waals surface area contributed by atoms with Crippen LogP contribution in [0.3, 0.4) is 0 Å². The molecule has 0 saturated carbocycles. The molecule has 8 nitrogen and oxygen atoms in total. The van der Waals surface area contributed by atoms with Crippen LogP contribution < -0.4 is 14.4 Å². The number of hydrogen-bond acceptors (Lipinski definition) is 5. The van der Waals surface area contributed by atoms with Crippen LogP contribution in [0.4, 0.5) is 5.69 Å². The van der Waals surface area contributed by atoms with E-state index in [1.807, 2.05) is 17.7 Å². The maximum absolute atomic E-state index is 13.3. The Labute approximate surface area is 182 Å². The van der Waals surface area contributed by atoms with Gasteiger partial charge in [0.1, 0.15) is 12.3 Å². The number of hydrogen-bond donors (Lipinski definition) is 1. The molecule has 164 valence electrons. The number of nitrogens with zero attached hydrogens (tertiary/aromatic N) is 3. The van der Waals surface area contributed by atoms with Crippen molar-refractivity contribution in [3.8, 4) is 5.75 Å². The number of carbonyl (C=O) groups excluding carboxylic acids is 1. The number of carbonyl (C=O) groups is 1. The number of sulfonamides is 1. The molecule has 2 aromatic carbocycles. The van der Waals surface area contributed by atoms with Gasteiger partial charge in [-0.3, -0.25) is 9.10 Å². The third kappa shape index (κ3) is 6.08. The van der Waals surface area contributed by atoms with Crippen molar-refractivity contribution < 1.29 is 17.9 Å². The highest BCUT2D eigenvalue weighted by atomic mass is 32.2. The van der Waals surface area contributed by atoms with Crippen molar-refractivity contribution in [1.29, 1.82) is 0 Å². The quantitative estimate of drug-likeness (QED) is 0.461. The molecule has 0 aliphatic rings. The summed E-state index contributed by atoms with van der Waals surface area (Å²) in [6.45, 7) is 3.20. The second kappa shape index (κ2) is 10.6. The summed E-state index contributed by atoms with van der Waals surface area (Å²) in [5, 5.41) is 2.80. The topological polar surface area (TPSA) is 93.5 Å². The standard InChI is InChI=1S/C22H26N4O4S/c1-2-30-20-11-9-19(10-12-20)26(31(28,29)21-7-4-3-5-8-21)17-22(27)24-13-6-15-25-16-14-23-18-25/h3-5,7-12,14,16,18H,2,6,13,15,17H2,1H3,(H,24,27). The lowest BCUT2D eigenvalue weighted by molar-refractivity contribution is -0.119. The second-order valence-electron chi connectivity index (χ2n) is 6.76. The van der Waals surface area contributed by atoms with E-state index in [0.29, 0.717) is 37.6 Å². The predicted octanol–water partition coefficient (Wildman–Crippen LogP) is 2.68. The first-order valence-electron chi connectivity index (χ1n) is 10.0. The molecule has 3 aromatic rings. The van der Waals surface area contributed by atoms with Gasteiger partial charge in [0.25, 0.3) is 10.0 Å². The van der Waals surface area contributed by atoms with Crippen LogP contribution >= 0.6 is 0 Å². The van der Waals surface area contributed by atoms with E-state index >= 15 is 0 Å². The van der Waals surface area contributed by atoms with E-state index in [0.717, 1.165) is 4.31 Å². The number of nitrogens with one attached hydrogen (secondary N) is 1. The van der Waals surface area contributed by atoms with Crippen molar-refractivity contribution in [3.05, 3.63) is 73.3 Å². The van der Waals surface area contributed by atoms with Gasteiger partial charge in [0.05, 0.1) is 23.5 Å². The molecule has 31 heavy (non-hydrogen) atoms. The normalized spacial score (nSPS) is 11.1. The largest absolute Gasteiger partial charge is 0.494 e. The van der Waals surface area contributed by atoms with E-state index in [1.165, 1.54) is 12.1 Å². The fourth-order valence-electron chi connectivity index (χ4n) is 3.00. The molecule has 0 unspecified atom stereocenters. The first kappa shape index (κ1) is 22.4. The molecule has 0 radical (unpaired) electrons. The summed E-state index contributed by atoms with van der Waals surface area (Å²) >= 11 is 0. The summed E-state index contributed by atoms with van der Waals surface area (Å²) in [6.07, 6.45) is 5.96. The molecule has 1 amide bonds. The van der Waals surface area contributed by atoms with Crippen molar-refractivity contribution in [3.63, 3.8) is 0 Å². The van der Waals surface area contributed by atoms with E-state index in [-0.39, 0.29) is 17.3 Å². The van der Waals surface area contributed by atoms with E-state index in [9.17, 15) is 13.2 Å². The van der Waals surface area contributed by atoms with Gasteiger partial charge in [0.2, 0.25) is 5.91 Å². The number of ether oxygens (including phenoxy) is 1. The number of amides is 1. The fraction of sp³-hybridized carbons (Fsp3) is 0.273. The van der Waals surface area contributed by atoms with Crippen molar-refractivity contribution >= 4 is 21.6 Å². The van der Waals surface area contributed by atoms with Gasteiger partial charge in [-0.15, -0.1) is 0 Å². The number of rotatable bonds is 11. The Morgan fingerprint density at radius 3 is 2.52 bits per heavy atom. The van der Waals surface area contributed by atoms with Gasteiger partial charge in [-0.1, -0.05) is 18.2 Å². The van der Waals surface area contributed by atoms with Crippen LogP contribution in [-0.2, 0) is 21.4 Å². The second-order valence-corrected chi connectivity index (χ2v) is 8.62. The van der Waals surface area contributed by atoms with Crippen LogP contribution in [0.15, 0.2) is 78.2 Å². The minimum absolute atomic E-state index is 0.122. The monoisotopic (exact) mass is 442 g/mol. The van der Waals surface area contributed by atoms with Gasteiger partial charge >= 0.3 is 0 Å². The van der Waals surface area contributed by atoms with Gasteiger partial charge in [-0.25, -0.2) is 13.4 Å². The molecule has 0 aliphatic carbocycles. The molecule has 0 aliphatic heterocycles. The zero-order chi connectivity index (χ0) is 22.1. The third-order valence-corrected chi connectivity index (χ3v) is 6.32. The van der Waals surface area contributed by atoms with Crippen LogP contribution in [0.25, 0.3) is 0 Å². The first-order valence-corrected chi connectivity index (χ1v) is 11.5. The lowest BCUT2D eigenvalue weighted by atomic mass is 10.3. The molecule has 1 N–H and O–H groups in total. The third-order valence-electron chi connectivity index (χ3n) is 4.53. The Morgan fingerprint density at radius 1 is 1.13 bits per heavy atom. The molecule has 0 bridgehead atoms. The predicted molar refractivity (Wildman–Crippen MR) is 118 cm³/mol. The molecule has 3 rings (SSSR count). The Kier molecular flexibility index (Phi) is 7.66. The minimum Gasteiger partial charge on any atom is -0.494 e. The summed E-state index contributed by atoms with van der Waals surface area (Å²) in [5.41, 5.74) is 0.390. The van der Waals surface area contributed by atoms with E-state index in [1.54, 1.807) is 55.0 Å². The van der Waals surface area contributed by atoms with Crippen molar-refractivity contribution in [1.82, 2.24) is 14.9 Å². The molecule has 0 spiro atoms. The van der Waals surface area contributed by atoms with Gasteiger partial charge in [0.15, 0.2) is 0 Å². The Morgan fingerprint density at radius 2 is 1.87 bits per heavy atom. The van der Waals surface area contributed by atoms with Crippen LogP contribution in [0.5, 0.6) is 5.75 Å².